The highest BCUT2D eigenvalue weighted by molar-refractivity contribution is 6.44. The third kappa shape index (κ3) is 3.59. The maximum atomic E-state index is 12.1. The summed E-state index contributed by atoms with van der Waals surface area (Å²) < 4.78 is 0. The van der Waals surface area contributed by atoms with Gasteiger partial charge in [-0.15, -0.1) is 0 Å². The van der Waals surface area contributed by atoms with Gasteiger partial charge in [0.15, 0.2) is 0 Å². The van der Waals surface area contributed by atoms with Crippen LogP contribution in [0.5, 0.6) is 0 Å². The molecule has 1 atom stereocenters. The van der Waals surface area contributed by atoms with Gasteiger partial charge in [-0.25, -0.2) is 0 Å². The number of nitrogens with one attached hydrogen (secondary N) is 1. The lowest BCUT2D eigenvalue weighted by molar-refractivity contribution is -0.384. The first-order valence-corrected chi connectivity index (χ1v) is 6.46. The van der Waals surface area contributed by atoms with Gasteiger partial charge in [0.05, 0.1) is 32.2 Å². The number of nitro benzene ring substituents is 1. The molecular weight excluding hydrogens is 307 g/mol. The molecule has 0 aromatic heterocycles. The number of benzene rings is 1. The Bertz CT molecular complexity index is 559. The van der Waals surface area contributed by atoms with Crippen molar-refractivity contribution in [3.05, 3.63) is 37.9 Å². The summed E-state index contributed by atoms with van der Waals surface area (Å²) in [5.74, 6) is -0.647. The van der Waals surface area contributed by atoms with Crippen molar-refractivity contribution in [1.29, 1.82) is 0 Å². The molecule has 0 aliphatic carbocycles. The van der Waals surface area contributed by atoms with Crippen LogP contribution in [-0.2, 0) is 0 Å². The van der Waals surface area contributed by atoms with Gasteiger partial charge in [-0.2, -0.15) is 0 Å². The quantitative estimate of drug-likeness (QED) is 0.659. The molecule has 0 bridgehead atoms. The van der Waals surface area contributed by atoms with E-state index in [0.29, 0.717) is 0 Å². The van der Waals surface area contributed by atoms with Gasteiger partial charge >= 0.3 is 0 Å². The number of nitrogens with zero attached hydrogens (tertiary/aromatic N) is 1. The van der Waals surface area contributed by atoms with Crippen molar-refractivity contribution in [3.8, 4) is 0 Å². The third-order valence-corrected chi connectivity index (χ3v) is 3.75. The van der Waals surface area contributed by atoms with Crippen LogP contribution < -0.4 is 5.32 Å². The van der Waals surface area contributed by atoms with E-state index < -0.39 is 22.5 Å². The van der Waals surface area contributed by atoms with Gasteiger partial charge < -0.3 is 10.4 Å². The first kappa shape index (κ1) is 16.7. The van der Waals surface area contributed by atoms with Gasteiger partial charge in [0, 0.05) is 12.1 Å². The number of hydrogen-bond acceptors (Lipinski definition) is 4. The number of carbonyl (C=O) groups excluding carboxylic acids is 1. The first-order chi connectivity index (χ1) is 9.06. The number of amides is 1. The van der Waals surface area contributed by atoms with E-state index in [1.54, 1.807) is 13.8 Å². The second kappa shape index (κ2) is 5.95. The molecule has 0 saturated carbocycles. The minimum Gasteiger partial charge on any atom is -0.391 e. The summed E-state index contributed by atoms with van der Waals surface area (Å²) in [7, 11) is 0. The van der Waals surface area contributed by atoms with E-state index in [2.05, 4.69) is 5.32 Å². The van der Waals surface area contributed by atoms with Crippen LogP contribution in [0.3, 0.4) is 0 Å². The monoisotopic (exact) mass is 320 g/mol. The van der Waals surface area contributed by atoms with E-state index in [0.717, 1.165) is 12.1 Å². The molecule has 2 N–H and O–H groups in total. The molecule has 0 spiro atoms. The number of aliphatic hydroxyl groups is 1. The molecule has 1 amide bonds. The minimum atomic E-state index is -0.919. The smallest absolute Gasteiger partial charge is 0.271 e. The number of rotatable bonds is 4. The van der Waals surface area contributed by atoms with Crippen molar-refractivity contribution in [2.75, 3.05) is 0 Å². The highest BCUT2D eigenvalue weighted by Gasteiger charge is 2.28. The minimum absolute atomic E-state index is 0.0730. The highest BCUT2D eigenvalue weighted by Crippen LogP contribution is 2.31. The molecule has 0 aliphatic rings. The maximum Gasteiger partial charge on any atom is 0.271 e. The lowest BCUT2D eigenvalue weighted by atomic mass is 9.98. The van der Waals surface area contributed by atoms with Gasteiger partial charge in [-0.05, 0) is 20.8 Å². The molecule has 0 aliphatic heterocycles. The van der Waals surface area contributed by atoms with Crippen LogP contribution in [0, 0.1) is 10.1 Å². The largest absolute Gasteiger partial charge is 0.391 e. The van der Waals surface area contributed by atoms with E-state index in [1.807, 2.05) is 0 Å². The summed E-state index contributed by atoms with van der Waals surface area (Å²) in [5.41, 5.74) is -1.36. The van der Waals surface area contributed by atoms with Crippen LogP contribution in [0.2, 0.25) is 10.0 Å². The first-order valence-electron chi connectivity index (χ1n) is 5.70. The Morgan fingerprint density at radius 1 is 1.45 bits per heavy atom. The van der Waals surface area contributed by atoms with Crippen molar-refractivity contribution in [2.24, 2.45) is 0 Å². The van der Waals surface area contributed by atoms with Crippen molar-refractivity contribution in [1.82, 2.24) is 5.32 Å². The Labute approximate surface area is 125 Å². The molecule has 8 heteroatoms. The number of aliphatic hydroxyl groups excluding tert-OH is 1. The van der Waals surface area contributed by atoms with Crippen LogP contribution in [0.1, 0.15) is 31.1 Å². The average Bonchev–Trinajstić information content (AvgIpc) is 2.31. The SMILES string of the molecule is CC(O)C(C)(C)NC(=O)c1cc([N+](=O)[O-])cc(Cl)c1Cl. The zero-order valence-corrected chi connectivity index (χ0v) is 12.6. The Balaban J connectivity index is 3.19. The Morgan fingerprint density at radius 2 is 2.00 bits per heavy atom. The predicted octanol–water partition coefficient (Wildman–Crippen LogP) is 2.79. The van der Waals surface area contributed by atoms with Crippen LogP contribution in [0.25, 0.3) is 0 Å². The highest BCUT2D eigenvalue weighted by atomic mass is 35.5. The van der Waals surface area contributed by atoms with E-state index in [-0.39, 0.29) is 21.3 Å². The molecule has 1 unspecified atom stereocenters. The van der Waals surface area contributed by atoms with Crippen LogP contribution in [-0.4, -0.2) is 27.6 Å². The lowest BCUT2D eigenvalue weighted by Gasteiger charge is -2.29. The molecular formula is C12H14Cl2N2O4. The molecule has 0 heterocycles. The van der Waals surface area contributed by atoms with E-state index in [9.17, 15) is 20.0 Å². The van der Waals surface area contributed by atoms with Crippen molar-refractivity contribution in [3.63, 3.8) is 0 Å². The Hall–Kier alpha value is -1.37. The molecule has 6 nitrogen and oxygen atoms in total. The van der Waals surface area contributed by atoms with E-state index >= 15 is 0 Å². The third-order valence-electron chi connectivity index (χ3n) is 2.95. The molecule has 1 rings (SSSR count). The van der Waals surface area contributed by atoms with Crippen molar-refractivity contribution >= 4 is 34.8 Å². The standard InChI is InChI=1S/C12H14Cl2N2O4/c1-6(17)12(2,3)15-11(18)8-4-7(16(19)20)5-9(13)10(8)14/h4-6,17H,1-3H3,(H,15,18). The number of non-ortho nitro benzene ring substituents is 1. The van der Waals surface area contributed by atoms with Crippen LogP contribution in [0.4, 0.5) is 5.69 Å². The van der Waals surface area contributed by atoms with Gasteiger partial charge in [0.25, 0.3) is 11.6 Å². The predicted molar refractivity (Wildman–Crippen MR) is 76.3 cm³/mol. The van der Waals surface area contributed by atoms with Crippen LogP contribution >= 0.6 is 23.2 Å². The fourth-order valence-electron chi connectivity index (χ4n) is 1.31. The molecule has 0 radical (unpaired) electrons. The molecule has 0 fully saturated rings. The van der Waals surface area contributed by atoms with Gasteiger partial charge in [0.2, 0.25) is 0 Å². The Morgan fingerprint density at radius 3 is 2.45 bits per heavy atom. The molecule has 110 valence electrons. The molecule has 0 saturated heterocycles. The van der Waals surface area contributed by atoms with E-state index in [1.165, 1.54) is 6.92 Å². The second-order valence-electron chi connectivity index (χ2n) is 4.90. The topological polar surface area (TPSA) is 92.5 Å². The van der Waals surface area contributed by atoms with Crippen molar-refractivity contribution < 1.29 is 14.8 Å². The fraction of sp³-hybridized carbons (Fsp3) is 0.417. The number of halogens is 2. The van der Waals surface area contributed by atoms with Gasteiger partial charge in [-0.1, -0.05) is 23.2 Å². The summed E-state index contributed by atoms with van der Waals surface area (Å²) in [6.45, 7) is 4.74. The summed E-state index contributed by atoms with van der Waals surface area (Å²) in [6, 6.07) is 2.11. The zero-order valence-electron chi connectivity index (χ0n) is 11.1. The summed E-state index contributed by atoms with van der Waals surface area (Å²) in [4.78, 5) is 22.2. The number of carbonyl (C=O) groups is 1. The molecule has 1 aromatic rings. The van der Waals surface area contributed by atoms with Crippen molar-refractivity contribution in [2.45, 2.75) is 32.4 Å². The zero-order chi connectivity index (χ0) is 15.7. The van der Waals surface area contributed by atoms with Crippen LogP contribution in [0.15, 0.2) is 12.1 Å². The normalized spacial score (nSPS) is 12.9. The second-order valence-corrected chi connectivity index (χ2v) is 5.68. The van der Waals surface area contributed by atoms with Gasteiger partial charge in [-0.3, -0.25) is 14.9 Å². The summed E-state index contributed by atoms with van der Waals surface area (Å²) >= 11 is 11.7. The lowest BCUT2D eigenvalue weighted by Crippen LogP contribution is -2.51. The number of nitro groups is 1. The van der Waals surface area contributed by atoms with Gasteiger partial charge in [0.1, 0.15) is 0 Å². The fourth-order valence-corrected chi connectivity index (χ4v) is 1.72. The molecule has 20 heavy (non-hydrogen) atoms. The summed E-state index contributed by atoms with van der Waals surface area (Å²) in [6.07, 6.45) is -0.820. The van der Waals surface area contributed by atoms with E-state index in [4.69, 9.17) is 23.2 Å². The number of hydrogen-bond donors (Lipinski definition) is 2. The Kier molecular flexibility index (Phi) is 4.96. The maximum absolute atomic E-state index is 12.1. The average molecular weight is 321 g/mol. The molecule has 1 aromatic carbocycles. The summed E-state index contributed by atoms with van der Waals surface area (Å²) in [5, 5.41) is 22.7.